The van der Waals surface area contributed by atoms with Gasteiger partial charge < -0.3 is 5.32 Å². The molecule has 18 heavy (non-hydrogen) atoms. The highest BCUT2D eigenvalue weighted by Crippen LogP contribution is 2.32. The Morgan fingerprint density at radius 2 is 2.00 bits per heavy atom. The smallest absolute Gasteiger partial charge is 0.267 e. The monoisotopic (exact) mass is 278 g/mol. The van der Waals surface area contributed by atoms with Gasteiger partial charge in [-0.25, -0.2) is 0 Å². The zero-order valence-electron chi connectivity index (χ0n) is 10.3. The fourth-order valence-electron chi connectivity index (χ4n) is 1.57. The summed E-state index contributed by atoms with van der Waals surface area (Å²) in [6, 6.07) is 9.76. The van der Waals surface area contributed by atoms with Crippen molar-refractivity contribution in [2.75, 3.05) is 12.0 Å². The van der Waals surface area contributed by atoms with E-state index in [0.29, 0.717) is 11.0 Å². The van der Waals surface area contributed by atoms with Gasteiger partial charge in [-0.3, -0.25) is 9.69 Å². The van der Waals surface area contributed by atoms with Crippen molar-refractivity contribution in [3.8, 4) is 0 Å². The first-order valence-electron chi connectivity index (χ1n) is 5.59. The minimum absolute atomic E-state index is 0.00608. The third-order valence-electron chi connectivity index (χ3n) is 2.52. The molecule has 0 saturated carbocycles. The Balaban J connectivity index is 2.05. The number of carbonyl (C=O) groups is 1. The van der Waals surface area contributed by atoms with Crippen LogP contribution in [0.25, 0.3) is 0 Å². The van der Waals surface area contributed by atoms with Gasteiger partial charge in [-0.05, 0) is 26.0 Å². The van der Waals surface area contributed by atoms with Gasteiger partial charge in [-0.15, -0.1) is 0 Å². The molecule has 0 radical (unpaired) electrons. The third kappa shape index (κ3) is 2.73. The lowest BCUT2D eigenvalue weighted by Gasteiger charge is -2.16. The summed E-state index contributed by atoms with van der Waals surface area (Å²) in [5.41, 5.74) is 1.98. The lowest BCUT2D eigenvalue weighted by molar-refractivity contribution is -0.122. The molecule has 1 aromatic carbocycles. The molecule has 1 aliphatic heterocycles. The molecule has 1 amide bonds. The van der Waals surface area contributed by atoms with Gasteiger partial charge in [0.05, 0.1) is 11.6 Å². The van der Waals surface area contributed by atoms with Gasteiger partial charge in [0, 0.05) is 5.69 Å². The molecule has 1 fully saturated rings. The van der Waals surface area contributed by atoms with Gasteiger partial charge in [0.15, 0.2) is 0 Å². The van der Waals surface area contributed by atoms with Gasteiger partial charge in [0.25, 0.3) is 5.91 Å². The molecule has 1 heterocycles. The summed E-state index contributed by atoms with van der Waals surface area (Å²) in [6.07, 6.45) is 0. The lowest BCUT2D eigenvalue weighted by atomic mass is 10.3. The first-order chi connectivity index (χ1) is 8.59. The minimum atomic E-state index is -0.00608. The van der Waals surface area contributed by atoms with Crippen LogP contribution in [0.3, 0.4) is 0 Å². The highest BCUT2D eigenvalue weighted by molar-refractivity contribution is 8.26. The van der Waals surface area contributed by atoms with Crippen LogP contribution in [0.1, 0.15) is 13.8 Å². The average Bonchev–Trinajstić information content (AvgIpc) is 2.64. The van der Waals surface area contributed by atoms with Crippen LogP contribution in [0.5, 0.6) is 0 Å². The number of allylic oxidation sites excluding steroid dienone is 1. The molecule has 0 aliphatic carbocycles. The number of benzene rings is 1. The number of para-hydroxylation sites is 1. The van der Waals surface area contributed by atoms with E-state index < -0.39 is 0 Å². The van der Waals surface area contributed by atoms with E-state index in [0.717, 1.165) is 16.2 Å². The van der Waals surface area contributed by atoms with E-state index in [2.05, 4.69) is 5.32 Å². The molecule has 0 aromatic heterocycles. The predicted molar refractivity (Wildman–Crippen MR) is 80.3 cm³/mol. The van der Waals surface area contributed by atoms with Crippen molar-refractivity contribution in [2.45, 2.75) is 13.8 Å². The van der Waals surface area contributed by atoms with Gasteiger partial charge in [-0.1, -0.05) is 47.8 Å². The summed E-state index contributed by atoms with van der Waals surface area (Å²) < 4.78 is 0.611. The fourth-order valence-corrected chi connectivity index (χ4v) is 2.80. The Kier molecular flexibility index (Phi) is 4.04. The van der Waals surface area contributed by atoms with Crippen molar-refractivity contribution >= 4 is 39.9 Å². The van der Waals surface area contributed by atoms with Crippen LogP contribution >= 0.6 is 24.0 Å². The largest absolute Gasteiger partial charge is 0.367 e. The van der Waals surface area contributed by atoms with E-state index >= 15 is 0 Å². The Morgan fingerprint density at radius 3 is 2.56 bits per heavy atom. The van der Waals surface area contributed by atoms with E-state index in [-0.39, 0.29) is 5.91 Å². The normalized spacial score (nSPS) is 15.2. The average molecular weight is 278 g/mol. The summed E-state index contributed by atoms with van der Waals surface area (Å²) in [7, 11) is 0. The summed E-state index contributed by atoms with van der Waals surface area (Å²) in [5.74, 6) is -0.00608. The molecule has 2 rings (SSSR count). The molecule has 5 heteroatoms. The van der Waals surface area contributed by atoms with Gasteiger partial charge in [0.2, 0.25) is 0 Å². The highest BCUT2D eigenvalue weighted by atomic mass is 32.2. The van der Waals surface area contributed by atoms with Crippen LogP contribution in [0.2, 0.25) is 0 Å². The van der Waals surface area contributed by atoms with E-state index in [1.165, 1.54) is 11.8 Å². The molecule has 3 nitrogen and oxygen atoms in total. The van der Waals surface area contributed by atoms with Crippen LogP contribution < -0.4 is 5.32 Å². The van der Waals surface area contributed by atoms with Gasteiger partial charge >= 0.3 is 0 Å². The molecule has 0 spiro atoms. The SMILES string of the molecule is CC(C)=C1SC(=S)N(CNc2ccccc2)C1=O. The van der Waals surface area contributed by atoms with Crippen molar-refractivity contribution in [3.05, 3.63) is 40.8 Å². The van der Waals surface area contributed by atoms with Gasteiger partial charge in [-0.2, -0.15) is 0 Å². The van der Waals surface area contributed by atoms with Crippen LogP contribution in [0.4, 0.5) is 5.69 Å². The molecular weight excluding hydrogens is 264 g/mol. The maximum Gasteiger partial charge on any atom is 0.267 e. The Labute approximate surface area is 116 Å². The second-order valence-corrected chi connectivity index (χ2v) is 5.78. The number of amides is 1. The first kappa shape index (κ1) is 13.1. The summed E-state index contributed by atoms with van der Waals surface area (Å²) in [5, 5.41) is 3.19. The number of nitrogens with one attached hydrogen (secondary N) is 1. The van der Waals surface area contributed by atoms with Crippen LogP contribution in [-0.2, 0) is 4.79 Å². The molecule has 1 aromatic rings. The zero-order valence-corrected chi connectivity index (χ0v) is 11.9. The van der Waals surface area contributed by atoms with Crippen LogP contribution in [-0.4, -0.2) is 21.8 Å². The lowest BCUT2D eigenvalue weighted by Crippen LogP contribution is -2.33. The summed E-state index contributed by atoms with van der Waals surface area (Å²) in [6.45, 7) is 4.26. The zero-order chi connectivity index (χ0) is 13.1. The van der Waals surface area contributed by atoms with Crippen molar-refractivity contribution in [1.82, 2.24) is 4.90 Å². The molecule has 94 valence electrons. The van der Waals surface area contributed by atoms with Crippen LogP contribution in [0.15, 0.2) is 40.8 Å². The van der Waals surface area contributed by atoms with E-state index in [9.17, 15) is 4.79 Å². The number of thiocarbonyl (C=S) groups is 1. The van der Waals surface area contributed by atoms with E-state index in [1.54, 1.807) is 4.90 Å². The minimum Gasteiger partial charge on any atom is -0.367 e. The fraction of sp³-hybridized carbons (Fsp3) is 0.231. The van der Waals surface area contributed by atoms with E-state index in [1.807, 2.05) is 44.2 Å². The quantitative estimate of drug-likeness (QED) is 0.680. The van der Waals surface area contributed by atoms with Crippen molar-refractivity contribution in [1.29, 1.82) is 0 Å². The predicted octanol–water partition coefficient (Wildman–Crippen LogP) is 3.21. The highest BCUT2D eigenvalue weighted by Gasteiger charge is 2.32. The van der Waals surface area contributed by atoms with Crippen molar-refractivity contribution in [3.63, 3.8) is 0 Å². The second-order valence-electron chi connectivity index (χ2n) is 4.13. The van der Waals surface area contributed by atoms with Crippen molar-refractivity contribution in [2.24, 2.45) is 0 Å². The summed E-state index contributed by atoms with van der Waals surface area (Å²) >= 11 is 6.60. The Morgan fingerprint density at radius 1 is 1.33 bits per heavy atom. The standard InChI is InChI=1S/C13H14N2OS2/c1-9(2)11-12(16)15(13(17)18-11)8-14-10-6-4-3-5-7-10/h3-7,14H,8H2,1-2H3. The number of hydrogen-bond acceptors (Lipinski definition) is 4. The number of hydrogen-bond donors (Lipinski definition) is 1. The number of thioether (sulfide) groups is 1. The van der Waals surface area contributed by atoms with Crippen LogP contribution in [0, 0.1) is 0 Å². The number of carbonyl (C=O) groups excluding carboxylic acids is 1. The molecule has 1 N–H and O–H groups in total. The van der Waals surface area contributed by atoms with E-state index in [4.69, 9.17) is 12.2 Å². The molecule has 0 atom stereocenters. The number of nitrogens with zero attached hydrogens (tertiary/aromatic N) is 1. The number of anilines is 1. The Bertz CT molecular complexity index is 507. The molecule has 1 aliphatic rings. The molecular formula is C13H14N2OS2. The maximum atomic E-state index is 12.1. The second kappa shape index (κ2) is 5.54. The first-order valence-corrected chi connectivity index (χ1v) is 6.82. The molecule has 0 bridgehead atoms. The third-order valence-corrected chi connectivity index (χ3v) is 4.17. The molecule has 0 unspecified atom stereocenters. The van der Waals surface area contributed by atoms with Crippen molar-refractivity contribution < 1.29 is 4.79 Å². The summed E-state index contributed by atoms with van der Waals surface area (Å²) in [4.78, 5) is 14.4. The number of rotatable bonds is 3. The topological polar surface area (TPSA) is 32.3 Å². The Hall–Kier alpha value is -1.33. The maximum absolute atomic E-state index is 12.1. The van der Waals surface area contributed by atoms with Gasteiger partial charge in [0.1, 0.15) is 4.32 Å². The molecule has 1 saturated heterocycles.